The number of hydrogen-bond donors (Lipinski definition) is 1. The third-order valence-electron chi connectivity index (χ3n) is 7.97. The van der Waals surface area contributed by atoms with Gasteiger partial charge in [0, 0.05) is 54.4 Å². The monoisotopic (exact) mass is 592 g/mol. The number of hydrogen-bond acceptors (Lipinski definition) is 6. The molecule has 1 amide bonds. The first-order valence-electron chi connectivity index (χ1n) is 14.4. The lowest BCUT2D eigenvalue weighted by Crippen LogP contribution is -2.37. The summed E-state index contributed by atoms with van der Waals surface area (Å²) in [5.41, 5.74) is 4.11. The molecule has 9 heteroatoms. The number of benzene rings is 2. The van der Waals surface area contributed by atoms with E-state index in [1.807, 2.05) is 29.2 Å². The maximum absolute atomic E-state index is 13.4. The average Bonchev–Trinajstić information content (AvgIpc) is 3.34. The molecule has 7 nitrogen and oxygen atoms in total. The topological polar surface area (TPSA) is 86.4 Å². The second-order valence-corrected chi connectivity index (χ2v) is 11.8. The van der Waals surface area contributed by atoms with Crippen molar-refractivity contribution in [3.05, 3.63) is 74.5 Å². The van der Waals surface area contributed by atoms with E-state index in [1.165, 1.54) is 24.8 Å². The summed E-state index contributed by atoms with van der Waals surface area (Å²) in [6.07, 6.45) is 5.66. The summed E-state index contributed by atoms with van der Waals surface area (Å²) in [6, 6.07) is 15.5. The van der Waals surface area contributed by atoms with Crippen LogP contribution in [0.5, 0.6) is 0 Å². The number of nitriles is 2. The first kappa shape index (κ1) is 30.7. The molecule has 0 aromatic heterocycles. The number of carbonyl (C=O) groups is 1. The fourth-order valence-corrected chi connectivity index (χ4v) is 6.52. The summed E-state index contributed by atoms with van der Waals surface area (Å²) in [5, 5.41) is 23.9. The van der Waals surface area contributed by atoms with Crippen LogP contribution in [-0.2, 0) is 17.9 Å². The van der Waals surface area contributed by atoms with Gasteiger partial charge in [0.1, 0.15) is 18.0 Å². The van der Waals surface area contributed by atoms with E-state index in [4.69, 9.17) is 23.2 Å². The van der Waals surface area contributed by atoms with E-state index in [0.29, 0.717) is 35.5 Å². The van der Waals surface area contributed by atoms with Gasteiger partial charge in [-0.1, -0.05) is 55.1 Å². The Balaban J connectivity index is 1.51. The number of rotatable bonds is 10. The predicted octanol–water partition coefficient (Wildman–Crippen LogP) is 6.86. The van der Waals surface area contributed by atoms with Crippen molar-refractivity contribution in [1.82, 2.24) is 14.7 Å². The number of amides is 1. The molecule has 2 aliphatic heterocycles. The van der Waals surface area contributed by atoms with Crippen molar-refractivity contribution < 1.29 is 4.79 Å². The zero-order valence-corrected chi connectivity index (χ0v) is 25.4. The van der Waals surface area contributed by atoms with Crippen LogP contribution >= 0.6 is 23.2 Å². The highest BCUT2D eigenvalue weighted by molar-refractivity contribution is 6.34. The number of nitrogens with zero attached hydrogens (tertiary/aromatic N) is 5. The van der Waals surface area contributed by atoms with Gasteiger partial charge in [0.15, 0.2) is 5.57 Å². The Kier molecular flexibility index (Phi) is 10.9. The maximum Gasteiger partial charge on any atom is 0.226 e. The third kappa shape index (κ3) is 7.95. The summed E-state index contributed by atoms with van der Waals surface area (Å²) in [6.45, 7) is 8.97. The molecule has 2 fully saturated rings. The lowest BCUT2D eigenvalue weighted by molar-refractivity contribution is -0.117. The zero-order chi connectivity index (χ0) is 29.4. The Morgan fingerprint density at radius 3 is 2.37 bits per heavy atom. The molecule has 1 unspecified atom stereocenters. The highest BCUT2D eigenvalue weighted by atomic mass is 35.5. The molecule has 2 aromatic rings. The van der Waals surface area contributed by atoms with Crippen molar-refractivity contribution in [3.63, 3.8) is 0 Å². The molecule has 0 radical (unpaired) electrons. The summed E-state index contributed by atoms with van der Waals surface area (Å²) in [5.74, 6) is 0.494. The van der Waals surface area contributed by atoms with Crippen LogP contribution in [0.2, 0.25) is 10.0 Å². The molecule has 2 aliphatic rings. The van der Waals surface area contributed by atoms with Gasteiger partial charge in [0.25, 0.3) is 0 Å². The molecule has 41 heavy (non-hydrogen) atoms. The van der Waals surface area contributed by atoms with E-state index in [9.17, 15) is 15.3 Å². The van der Waals surface area contributed by atoms with Crippen molar-refractivity contribution in [3.8, 4) is 12.1 Å². The maximum atomic E-state index is 13.4. The highest BCUT2D eigenvalue weighted by Gasteiger charge is 2.34. The van der Waals surface area contributed by atoms with Gasteiger partial charge in [-0.05, 0) is 80.2 Å². The van der Waals surface area contributed by atoms with E-state index in [0.717, 1.165) is 49.3 Å². The molecule has 0 spiro atoms. The SMILES string of the molecule is CCCC(CC(=O)Nc1cccc(CN2CCCCC2)c1C)N1CCN(Cc2cc(Cl)cc(Cl)c2)C1=C(C#N)C#N. The van der Waals surface area contributed by atoms with Gasteiger partial charge in [-0.15, -0.1) is 0 Å². The van der Waals surface area contributed by atoms with Gasteiger partial charge < -0.3 is 15.1 Å². The van der Waals surface area contributed by atoms with E-state index >= 15 is 0 Å². The normalized spacial score (nSPS) is 16.3. The smallest absolute Gasteiger partial charge is 0.226 e. The van der Waals surface area contributed by atoms with Gasteiger partial charge in [-0.3, -0.25) is 9.69 Å². The standard InChI is InChI=1S/C32H38Cl2N6O/c1-3-8-29(18-31(41)37-30-10-7-9-25(23(30)2)22-38-11-5-4-6-12-38)40-14-13-39(32(40)26(19-35)20-36)21-24-15-27(33)17-28(34)16-24/h7,9-10,15-17,29H,3-6,8,11-14,18,21-22H2,1-2H3,(H,37,41). The van der Waals surface area contributed by atoms with Crippen LogP contribution in [0, 0.1) is 29.6 Å². The summed E-state index contributed by atoms with van der Waals surface area (Å²) in [7, 11) is 0. The zero-order valence-electron chi connectivity index (χ0n) is 23.9. The van der Waals surface area contributed by atoms with Crippen LogP contribution in [0.4, 0.5) is 5.69 Å². The largest absolute Gasteiger partial charge is 0.351 e. The van der Waals surface area contributed by atoms with Crippen LogP contribution in [0.1, 0.15) is 62.1 Å². The number of anilines is 1. The van der Waals surface area contributed by atoms with E-state index in [-0.39, 0.29) is 23.9 Å². The lowest BCUT2D eigenvalue weighted by Gasteiger charge is -2.32. The second-order valence-electron chi connectivity index (χ2n) is 10.9. The average molecular weight is 594 g/mol. The van der Waals surface area contributed by atoms with Gasteiger partial charge >= 0.3 is 0 Å². The molecule has 1 N–H and O–H groups in total. The quantitative estimate of drug-likeness (QED) is 0.303. The van der Waals surface area contributed by atoms with Gasteiger partial charge in [0.05, 0.1) is 0 Å². The molecule has 4 rings (SSSR count). The Hall–Kier alpha value is -3.23. The number of carbonyl (C=O) groups excluding carboxylic acids is 1. The van der Waals surface area contributed by atoms with E-state index in [1.54, 1.807) is 6.07 Å². The molecule has 2 saturated heterocycles. The second kappa shape index (κ2) is 14.6. The summed E-state index contributed by atoms with van der Waals surface area (Å²) < 4.78 is 0. The number of halogens is 2. The van der Waals surface area contributed by atoms with E-state index in [2.05, 4.69) is 47.2 Å². The molecule has 2 aromatic carbocycles. The third-order valence-corrected chi connectivity index (χ3v) is 8.41. The predicted molar refractivity (Wildman–Crippen MR) is 164 cm³/mol. The Labute approximate surface area is 253 Å². The minimum Gasteiger partial charge on any atom is -0.351 e. The van der Waals surface area contributed by atoms with Crippen LogP contribution in [0.15, 0.2) is 47.8 Å². The van der Waals surface area contributed by atoms with Crippen molar-refractivity contribution in [1.29, 1.82) is 10.5 Å². The molecule has 216 valence electrons. The van der Waals surface area contributed by atoms with Crippen molar-refractivity contribution in [2.24, 2.45) is 0 Å². The Morgan fingerprint density at radius 2 is 1.71 bits per heavy atom. The van der Waals surface area contributed by atoms with Crippen molar-refractivity contribution in [2.45, 2.75) is 71.5 Å². The molecule has 2 heterocycles. The minimum atomic E-state index is -0.156. The molecule has 0 saturated carbocycles. The molecule has 0 aliphatic carbocycles. The fraction of sp³-hybridized carbons (Fsp3) is 0.469. The van der Waals surface area contributed by atoms with Crippen LogP contribution in [-0.4, -0.2) is 52.8 Å². The minimum absolute atomic E-state index is 0.0402. The highest BCUT2D eigenvalue weighted by Crippen LogP contribution is 2.31. The molecule has 0 bridgehead atoms. The van der Waals surface area contributed by atoms with Crippen LogP contribution in [0.3, 0.4) is 0 Å². The molecule has 1 atom stereocenters. The van der Waals surface area contributed by atoms with E-state index < -0.39 is 0 Å². The lowest BCUT2D eigenvalue weighted by atomic mass is 10.0. The van der Waals surface area contributed by atoms with Crippen molar-refractivity contribution >= 4 is 34.8 Å². The van der Waals surface area contributed by atoms with Crippen LogP contribution < -0.4 is 5.32 Å². The number of piperidine rings is 1. The molecular weight excluding hydrogens is 555 g/mol. The first-order valence-corrected chi connectivity index (χ1v) is 15.2. The summed E-state index contributed by atoms with van der Waals surface area (Å²) >= 11 is 12.5. The summed E-state index contributed by atoms with van der Waals surface area (Å²) in [4.78, 5) is 20.0. The fourth-order valence-electron chi connectivity index (χ4n) is 5.95. The number of nitrogens with one attached hydrogen (secondary N) is 1. The Bertz CT molecular complexity index is 1320. The van der Waals surface area contributed by atoms with Gasteiger partial charge in [-0.25, -0.2) is 0 Å². The first-order chi connectivity index (χ1) is 19.8. The van der Waals surface area contributed by atoms with Gasteiger partial charge in [0.2, 0.25) is 5.91 Å². The Morgan fingerprint density at radius 1 is 1.00 bits per heavy atom. The molecular formula is C32H38Cl2N6O. The number of allylic oxidation sites excluding steroid dienone is 1. The number of likely N-dealkylation sites (tertiary alicyclic amines) is 1. The van der Waals surface area contributed by atoms with Gasteiger partial charge in [-0.2, -0.15) is 10.5 Å². The van der Waals surface area contributed by atoms with Crippen LogP contribution in [0.25, 0.3) is 0 Å². The van der Waals surface area contributed by atoms with Crippen molar-refractivity contribution in [2.75, 3.05) is 31.5 Å².